The zero-order valence-electron chi connectivity index (χ0n) is 10.5. The first kappa shape index (κ1) is 12.9. The second kappa shape index (κ2) is 5.40. The maximum absolute atomic E-state index is 9.49. The van der Waals surface area contributed by atoms with Crippen molar-refractivity contribution in [2.45, 2.75) is 51.7 Å². The van der Waals surface area contributed by atoms with Crippen LogP contribution in [-0.2, 0) is 6.54 Å². The molecule has 0 aliphatic carbocycles. The fourth-order valence-electron chi connectivity index (χ4n) is 2.65. The van der Waals surface area contributed by atoms with Gasteiger partial charge in [-0.3, -0.25) is 4.90 Å². The van der Waals surface area contributed by atoms with Gasteiger partial charge in [0.1, 0.15) is 5.75 Å². The minimum Gasteiger partial charge on any atom is -0.507 e. The molecule has 0 bridgehead atoms. The zero-order valence-corrected chi connectivity index (χ0v) is 12.1. The molecule has 94 valence electrons. The van der Waals surface area contributed by atoms with Gasteiger partial charge in [-0.05, 0) is 60.3 Å². The van der Waals surface area contributed by atoms with E-state index in [-0.39, 0.29) is 0 Å². The number of benzene rings is 1. The van der Waals surface area contributed by atoms with E-state index in [2.05, 4.69) is 34.7 Å². The molecule has 0 amide bonds. The van der Waals surface area contributed by atoms with Crippen molar-refractivity contribution < 1.29 is 5.11 Å². The van der Waals surface area contributed by atoms with Gasteiger partial charge in [-0.2, -0.15) is 0 Å². The molecule has 1 aliphatic rings. The van der Waals surface area contributed by atoms with E-state index in [1.54, 1.807) is 6.07 Å². The third-order valence-corrected chi connectivity index (χ3v) is 4.39. The molecule has 17 heavy (non-hydrogen) atoms. The Morgan fingerprint density at radius 3 is 2.53 bits per heavy atom. The molecule has 1 N–H and O–H groups in total. The van der Waals surface area contributed by atoms with Gasteiger partial charge in [0.25, 0.3) is 0 Å². The summed E-state index contributed by atoms with van der Waals surface area (Å²) in [4.78, 5) is 2.56. The molecule has 2 nitrogen and oxygen atoms in total. The Morgan fingerprint density at radius 1 is 1.29 bits per heavy atom. The predicted octanol–water partition coefficient (Wildman–Crippen LogP) is 3.92. The Bertz CT molecular complexity index is 384. The van der Waals surface area contributed by atoms with Crippen LogP contribution >= 0.6 is 15.9 Å². The molecule has 0 unspecified atom stereocenters. The fraction of sp³-hybridized carbons (Fsp3) is 0.571. The third kappa shape index (κ3) is 3.02. The maximum Gasteiger partial charge on any atom is 0.129 e. The molecule has 0 saturated carbocycles. The molecule has 2 atom stereocenters. The first-order chi connectivity index (χ1) is 8.08. The van der Waals surface area contributed by atoms with Crippen LogP contribution < -0.4 is 0 Å². The van der Waals surface area contributed by atoms with Crippen molar-refractivity contribution in [1.82, 2.24) is 4.90 Å². The topological polar surface area (TPSA) is 23.5 Å². The van der Waals surface area contributed by atoms with Crippen molar-refractivity contribution in [3.8, 4) is 5.75 Å². The number of nitrogens with zero attached hydrogens (tertiary/aromatic N) is 1. The predicted molar refractivity (Wildman–Crippen MR) is 74.1 cm³/mol. The highest BCUT2D eigenvalue weighted by Crippen LogP contribution is 2.28. The first-order valence-corrected chi connectivity index (χ1v) is 7.10. The Hall–Kier alpha value is -0.540. The molecule has 0 radical (unpaired) electrons. The second-order valence-electron chi connectivity index (χ2n) is 5.09. The Morgan fingerprint density at radius 2 is 1.94 bits per heavy atom. The molecule has 3 heteroatoms. The van der Waals surface area contributed by atoms with Crippen molar-refractivity contribution in [1.29, 1.82) is 0 Å². The van der Waals surface area contributed by atoms with E-state index in [1.165, 1.54) is 24.8 Å². The summed E-state index contributed by atoms with van der Waals surface area (Å²) in [5.41, 5.74) is 1.26. The van der Waals surface area contributed by atoms with Crippen LogP contribution in [0.25, 0.3) is 0 Å². The second-order valence-corrected chi connectivity index (χ2v) is 5.94. The number of rotatable bonds is 2. The SMILES string of the molecule is C[C@@H]1CCC[C@H](C)N1Cc1ccc(O)c(Br)c1. The number of phenols is 1. The van der Waals surface area contributed by atoms with Crippen molar-refractivity contribution >= 4 is 15.9 Å². The number of likely N-dealkylation sites (tertiary alicyclic amines) is 1. The summed E-state index contributed by atoms with van der Waals surface area (Å²) in [6.07, 6.45) is 3.94. The number of halogens is 1. The number of piperidine rings is 1. The Kier molecular flexibility index (Phi) is 4.10. The third-order valence-electron chi connectivity index (χ3n) is 3.75. The summed E-state index contributed by atoms with van der Waals surface area (Å²) in [5.74, 6) is 0.313. The van der Waals surface area contributed by atoms with Crippen LogP contribution in [0.4, 0.5) is 0 Å². The smallest absolute Gasteiger partial charge is 0.129 e. The van der Waals surface area contributed by atoms with E-state index >= 15 is 0 Å². The monoisotopic (exact) mass is 297 g/mol. The summed E-state index contributed by atoms with van der Waals surface area (Å²) in [7, 11) is 0. The van der Waals surface area contributed by atoms with Gasteiger partial charge in [0.05, 0.1) is 4.47 Å². The first-order valence-electron chi connectivity index (χ1n) is 6.31. The average Bonchev–Trinajstić information content (AvgIpc) is 2.28. The van der Waals surface area contributed by atoms with Crippen LogP contribution in [0, 0.1) is 0 Å². The van der Waals surface area contributed by atoms with E-state index in [4.69, 9.17) is 0 Å². The van der Waals surface area contributed by atoms with Crippen LogP contribution in [0.15, 0.2) is 22.7 Å². The normalized spacial score (nSPS) is 26.1. The van der Waals surface area contributed by atoms with Crippen LogP contribution in [0.3, 0.4) is 0 Å². The summed E-state index contributed by atoms with van der Waals surface area (Å²) >= 11 is 3.37. The number of hydrogen-bond donors (Lipinski definition) is 1. The van der Waals surface area contributed by atoms with E-state index < -0.39 is 0 Å². The lowest BCUT2D eigenvalue weighted by molar-refractivity contribution is 0.0952. The van der Waals surface area contributed by atoms with Gasteiger partial charge < -0.3 is 5.11 Å². The zero-order chi connectivity index (χ0) is 12.4. The lowest BCUT2D eigenvalue weighted by Gasteiger charge is -2.39. The maximum atomic E-state index is 9.49. The van der Waals surface area contributed by atoms with Gasteiger partial charge in [0.2, 0.25) is 0 Å². The lowest BCUT2D eigenvalue weighted by atomic mass is 9.97. The van der Waals surface area contributed by atoms with Gasteiger partial charge in [-0.25, -0.2) is 0 Å². The van der Waals surface area contributed by atoms with E-state index in [0.717, 1.165) is 11.0 Å². The molecule has 1 aromatic rings. The molecule has 0 aromatic heterocycles. The average molecular weight is 298 g/mol. The molecule has 1 aliphatic heterocycles. The molecule has 1 fully saturated rings. The highest BCUT2D eigenvalue weighted by molar-refractivity contribution is 9.10. The van der Waals surface area contributed by atoms with E-state index in [0.29, 0.717) is 17.8 Å². The van der Waals surface area contributed by atoms with E-state index in [9.17, 15) is 5.11 Å². The minimum absolute atomic E-state index is 0.313. The minimum atomic E-state index is 0.313. The molecule has 2 rings (SSSR count). The lowest BCUT2D eigenvalue weighted by Crippen LogP contribution is -2.42. The van der Waals surface area contributed by atoms with Gasteiger partial charge in [0, 0.05) is 18.6 Å². The Labute approximate surface area is 112 Å². The van der Waals surface area contributed by atoms with Crippen molar-refractivity contribution in [3.63, 3.8) is 0 Å². The van der Waals surface area contributed by atoms with Gasteiger partial charge in [0.15, 0.2) is 0 Å². The fourth-order valence-corrected chi connectivity index (χ4v) is 3.07. The van der Waals surface area contributed by atoms with E-state index in [1.807, 2.05) is 12.1 Å². The summed E-state index contributed by atoms with van der Waals surface area (Å²) in [6, 6.07) is 7.11. The van der Waals surface area contributed by atoms with Crippen molar-refractivity contribution in [3.05, 3.63) is 28.2 Å². The summed E-state index contributed by atoms with van der Waals surface area (Å²) < 4.78 is 0.785. The molecule has 0 spiro atoms. The standard InChI is InChI=1S/C14H20BrNO/c1-10-4-3-5-11(2)16(10)9-12-6-7-14(17)13(15)8-12/h6-8,10-11,17H,3-5,9H2,1-2H3/t10-,11+. The van der Waals surface area contributed by atoms with Crippen LogP contribution in [0.5, 0.6) is 5.75 Å². The molecule has 1 saturated heterocycles. The van der Waals surface area contributed by atoms with Crippen molar-refractivity contribution in [2.75, 3.05) is 0 Å². The van der Waals surface area contributed by atoms with Crippen LogP contribution in [0.1, 0.15) is 38.7 Å². The molecular weight excluding hydrogens is 278 g/mol. The van der Waals surface area contributed by atoms with Gasteiger partial charge >= 0.3 is 0 Å². The number of hydrogen-bond acceptors (Lipinski definition) is 2. The van der Waals surface area contributed by atoms with Crippen molar-refractivity contribution in [2.24, 2.45) is 0 Å². The van der Waals surface area contributed by atoms with Gasteiger partial charge in [-0.1, -0.05) is 12.5 Å². The van der Waals surface area contributed by atoms with Gasteiger partial charge in [-0.15, -0.1) is 0 Å². The number of aromatic hydroxyl groups is 1. The summed E-state index contributed by atoms with van der Waals surface area (Å²) in [6.45, 7) is 5.59. The largest absolute Gasteiger partial charge is 0.507 e. The van der Waals surface area contributed by atoms with Crippen LogP contribution in [-0.4, -0.2) is 22.1 Å². The quantitative estimate of drug-likeness (QED) is 0.894. The molecule has 1 heterocycles. The number of phenolic OH excluding ortho intramolecular Hbond substituents is 1. The summed E-state index contributed by atoms with van der Waals surface area (Å²) in [5, 5.41) is 9.49. The van der Waals surface area contributed by atoms with Crippen LogP contribution in [0.2, 0.25) is 0 Å². The molecular formula is C14H20BrNO. The Balaban J connectivity index is 2.10. The molecule has 1 aromatic carbocycles. The highest BCUT2D eigenvalue weighted by atomic mass is 79.9. The highest BCUT2D eigenvalue weighted by Gasteiger charge is 2.24.